The maximum absolute atomic E-state index is 12.7. The Morgan fingerprint density at radius 2 is 1.88 bits per heavy atom. The molecule has 6 nitrogen and oxygen atoms in total. The lowest BCUT2D eigenvalue weighted by Crippen LogP contribution is -2.45. The van der Waals surface area contributed by atoms with Crippen molar-refractivity contribution in [2.45, 2.75) is 20.3 Å². The number of likely N-dealkylation sites (tertiary alicyclic amines) is 1. The number of carbonyl (C=O) groups excluding carboxylic acids is 1. The SMILES string of the molecule is Cc1ccn(-c2ccc(C(=O)N3CC(C)CC(C(=O)O)C3)cc2)n1. The van der Waals surface area contributed by atoms with Gasteiger partial charge in [0.25, 0.3) is 5.91 Å². The number of aromatic nitrogens is 2. The lowest BCUT2D eigenvalue weighted by molar-refractivity contribution is -0.143. The molecule has 0 saturated carbocycles. The molecule has 24 heavy (non-hydrogen) atoms. The molecule has 1 amide bonds. The summed E-state index contributed by atoms with van der Waals surface area (Å²) >= 11 is 0. The molecule has 2 heterocycles. The molecule has 0 spiro atoms. The molecule has 1 fully saturated rings. The van der Waals surface area contributed by atoms with Crippen molar-refractivity contribution >= 4 is 11.9 Å². The number of aliphatic carboxylic acids is 1. The Bertz CT molecular complexity index is 751. The molecule has 126 valence electrons. The minimum absolute atomic E-state index is 0.115. The van der Waals surface area contributed by atoms with Crippen molar-refractivity contribution in [3.63, 3.8) is 0 Å². The molecule has 1 saturated heterocycles. The van der Waals surface area contributed by atoms with E-state index in [1.807, 2.05) is 38.2 Å². The van der Waals surface area contributed by atoms with Gasteiger partial charge in [-0.1, -0.05) is 6.92 Å². The van der Waals surface area contributed by atoms with Crippen LogP contribution >= 0.6 is 0 Å². The predicted octanol–water partition coefficient (Wildman–Crippen LogP) is 2.36. The largest absolute Gasteiger partial charge is 0.481 e. The van der Waals surface area contributed by atoms with Crippen LogP contribution in [0.15, 0.2) is 36.5 Å². The molecular weight excluding hydrogens is 306 g/mol. The maximum Gasteiger partial charge on any atom is 0.308 e. The highest BCUT2D eigenvalue weighted by atomic mass is 16.4. The molecule has 1 N–H and O–H groups in total. The van der Waals surface area contributed by atoms with E-state index >= 15 is 0 Å². The molecule has 6 heteroatoms. The Morgan fingerprint density at radius 3 is 2.46 bits per heavy atom. The van der Waals surface area contributed by atoms with Crippen molar-refractivity contribution in [1.82, 2.24) is 14.7 Å². The van der Waals surface area contributed by atoms with Crippen LogP contribution in [0.1, 0.15) is 29.4 Å². The summed E-state index contributed by atoms with van der Waals surface area (Å²) in [5, 5.41) is 13.6. The van der Waals surface area contributed by atoms with E-state index in [9.17, 15) is 14.7 Å². The average molecular weight is 327 g/mol. The van der Waals surface area contributed by atoms with E-state index in [4.69, 9.17) is 0 Å². The molecule has 3 rings (SSSR count). The van der Waals surface area contributed by atoms with Crippen LogP contribution in [-0.2, 0) is 4.79 Å². The van der Waals surface area contributed by atoms with Gasteiger partial charge in [0.2, 0.25) is 0 Å². The third kappa shape index (κ3) is 3.32. The van der Waals surface area contributed by atoms with Gasteiger partial charge in [0, 0.05) is 24.8 Å². The smallest absolute Gasteiger partial charge is 0.308 e. The third-order valence-electron chi connectivity index (χ3n) is 4.40. The number of hydrogen-bond donors (Lipinski definition) is 1. The highest BCUT2D eigenvalue weighted by Gasteiger charge is 2.32. The number of aryl methyl sites for hydroxylation is 1. The summed E-state index contributed by atoms with van der Waals surface area (Å²) in [6.45, 7) is 4.78. The Morgan fingerprint density at radius 1 is 1.17 bits per heavy atom. The van der Waals surface area contributed by atoms with Crippen LogP contribution in [0.2, 0.25) is 0 Å². The molecule has 0 aliphatic carbocycles. The van der Waals surface area contributed by atoms with Gasteiger partial charge in [-0.25, -0.2) is 4.68 Å². The van der Waals surface area contributed by atoms with Crippen molar-refractivity contribution in [3.8, 4) is 5.69 Å². The minimum atomic E-state index is -0.830. The first kappa shape index (κ1) is 16.2. The normalized spacial score (nSPS) is 20.8. The number of rotatable bonds is 3. The number of carbonyl (C=O) groups is 2. The molecule has 2 aromatic rings. The molecule has 0 radical (unpaired) electrons. The van der Waals surface area contributed by atoms with Gasteiger partial charge >= 0.3 is 5.97 Å². The van der Waals surface area contributed by atoms with E-state index in [1.54, 1.807) is 21.7 Å². The Hall–Kier alpha value is -2.63. The number of carboxylic acids is 1. The number of piperidine rings is 1. The highest BCUT2D eigenvalue weighted by molar-refractivity contribution is 5.94. The summed E-state index contributed by atoms with van der Waals surface area (Å²) < 4.78 is 1.76. The van der Waals surface area contributed by atoms with E-state index in [1.165, 1.54) is 0 Å². The van der Waals surface area contributed by atoms with Crippen LogP contribution in [0, 0.1) is 18.8 Å². The molecular formula is C18H21N3O3. The molecule has 1 aromatic carbocycles. The van der Waals surface area contributed by atoms with Crippen LogP contribution in [0.25, 0.3) is 5.69 Å². The summed E-state index contributed by atoms with van der Waals surface area (Å²) in [4.78, 5) is 25.6. The third-order valence-corrected chi connectivity index (χ3v) is 4.40. The minimum Gasteiger partial charge on any atom is -0.481 e. The molecule has 2 unspecified atom stereocenters. The Balaban J connectivity index is 1.76. The number of nitrogens with zero attached hydrogens (tertiary/aromatic N) is 3. The first-order valence-corrected chi connectivity index (χ1v) is 8.09. The number of hydrogen-bond acceptors (Lipinski definition) is 3. The first-order valence-electron chi connectivity index (χ1n) is 8.09. The number of carboxylic acid groups (broad SMARTS) is 1. The van der Waals surface area contributed by atoms with E-state index in [2.05, 4.69) is 5.10 Å². The second-order valence-electron chi connectivity index (χ2n) is 6.53. The van der Waals surface area contributed by atoms with Gasteiger partial charge in [-0.15, -0.1) is 0 Å². The fourth-order valence-corrected chi connectivity index (χ4v) is 3.19. The summed E-state index contributed by atoms with van der Waals surface area (Å²) in [7, 11) is 0. The predicted molar refractivity (Wildman–Crippen MR) is 89.1 cm³/mol. The van der Waals surface area contributed by atoms with E-state index in [0.29, 0.717) is 18.5 Å². The van der Waals surface area contributed by atoms with Gasteiger partial charge in [-0.2, -0.15) is 5.10 Å². The van der Waals surface area contributed by atoms with Crippen LogP contribution < -0.4 is 0 Å². The van der Waals surface area contributed by atoms with Crippen LogP contribution in [-0.4, -0.2) is 44.8 Å². The topological polar surface area (TPSA) is 75.4 Å². The maximum atomic E-state index is 12.7. The van der Waals surface area contributed by atoms with Gasteiger partial charge in [0.15, 0.2) is 0 Å². The van der Waals surface area contributed by atoms with Crippen LogP contribution in [0.5, 0.6) is 0 Å². The summed E-state index contributed by atoms with van der Waals surface area (Å²) in [5.41, 5.74) is 2.38. The second kappa shape index (κ2) is 6.47. The Labute approximate surface area is 140 Å². The first-order chi connectivity index (χ1) is 11.4. The van der Waals surface area contributed by atoms with Gasteiger partial charge in [0.1, 0.15) is 0 Å². The van der Waals surface area contributed by atoms with Crippen molar-refractivity contribution in [3.05, 3.63) is 47.8 Å². The zero-order valence-electron chi connectivity index (χ0n) is 13.8. The van der Waals surface area contributed by atoms with Crippen LogP contribution in [0.4, 0.5) is 0 Å². The van der Waals surface area contributed by atoms with Gasteiger partial charge in [-0.3, -0.25) is 9.59 Å². The molecule has 1 aliphatic rings. The lowest BCUT2D eigenvalue weighted by atomic mass is 9.90. The Kier molecular flexibility index (Phi) is 4.38. The van der Waals surface area contributed by atoms with Gasteiger partial charge < -0.3 is 10.0 Å². The van der Waals surface area contributed by atoms with Crippen molar-refractivity contribution in [2.75, 3.05) is 13.1 Å². The average Bonchev–Trinajstić information content (AvgIpc) is 3.00. The summed E-state index contributed by atoms with van der Waals surface area (Å²) in [6.07, 6.45) is 2.49. The highest BCUT2D eigenvalue weighted by Crippen LogP contribution is 2.23. The molecule has 1 aromatic heterocycles. The monoisotopic (exact) mass is 327 g/mol. The van der Waals surface area contributed by atoms with Crippen LogP contribution in [0.3, 0.4) is 0 Å². The molecule has 0 bridgehead atoms. The van der Waals surface area contributed by atoms with Crippen molar-refractivity contribution < 1.29 is 14.7 Å². The standard InChI is InChI=1S/C18H21N3O3/c1-12-9-15(18(23)24)11-20(10-12)17(22)14-3-5-16(6-4-14)21-8-7-13(2)19-21/h3-8,12,15H,9-11H2,1-2H3,(H,23,24). The number of amides is 1. The fraction of sp³-hybridized carbons (Fsp3) is 0.389. The summed E-state index contributed by atoms with van der Waals surface area (Å²) in [6, 6.07) is 9.15. The molecule has 2 atom stereocenters. The summed E-state index contributed by atoms with van der Waals surface area (Å²) in [5.74, 6) is -1.24. The quantitative estimate of drug-likeness (QED) is 0.939. The van der Waals surface area contributed by atoms with Crippen molar-refractivity contribution in [1.29, 1.82) is 0 Å². The lowest BCUT2D eigenvalue weighted by Gasteiger charge is -2.34. The van der Waals surface area contributed by atoms with Crippen molar-refractivity contribution in [2.24, 2.45) is 11.8 Å². The number of benzene rings is 1. The zero-order chi connectivity index (χ0) is 17.3. The van der Waals surface area contributed by atoms with E-state index < -0.39 is 11.9 Å². The van der Waals surface area contributed by atoms with Gasteiger partial charge in [0.05, 0.1) is 17.3 Å². The van der Waals surface area contributed by atoms with E-state index in [0.717, 1.165) is 11.4 Å². The zero-order valence-corrected chi connectivity index (χ0v) is 13.8. The fourth-order valence-electron chi connectivity index (χ4n) is 3.19. The van der Waals surface area contributed by atoms with Gasteiger partial charge in [-0.05, 0) is 49.6 Å². The molecule has 1 aliphatic heterocycles. The second-order valence-corrected chi connectivity index (χ2v) is 6.53. The van der Waals surface area contributed by atoms with E-state index in [-0.39, 0.29) is 18.4 Å².